The van der Waals surface area contributed by atoms with Crippen molar-refractivity contribution in [3.63, 3.8) is 0 Å². The lowest BCUT2D eigenvalue weighted by molar-refractivity contribution is 0.179. The molecule has 0 spiro atoms. The third-order valence-electron chi connectivity index (χ3n) is 8.10. The molecule has 5 heteroatoms. The fourth-order valence-corrected chi connectivity index (χ4v) is 5.70. The number of nitrogens with zero attached hydrogens (tertiary/aromatic N) is 2. The van der Waals surface area contributed by atoms with Gasteiger partial charge in [0.25, 0.3) is 0 Å². The lowest BCUT2D eigenvalue weighted by atomic mass is 9.99. The summed E-state index contributed by atoms with van der Waals surface area (Å²) in [4.78, 5) is 17.8. The van der Waals surface area contributed by atoms with Crippen LogP contribution >= 0.6 is 0 Å². The molecule has 1 aliphatic rings. The van der Waals surface area contributed by atoms with Crippen LogP contribution in [0.4, 0.5) is 10.5 Å². The van der Waals surface area contributed by atoms with E-state index in [9.17, 15) is 4.79 Å². The minimum absolute atomic E-state index is 0.124. The summed E-state index contributed by atoms with van der Waals surface area (Å²) in [7, 11) is 2.23. The Morgan fingerprint density at radius 2 is 1.59 bits per heavy atom. The zero-order valence-corrected chi connectivity index (χ0v) is 23.1. The van der Waals surface area contributed by atoms with Gasteiger partial charge in [-0.3, -0.25) is 4.90 Å². The molecule has 2 amide bonds. The van der Waals surface area contributed by atoms with Crippen molar-refractivity contribution in [3.05, 3.63) is 103 Å². The van der Waals surface area contributed by atoms with Gasteiger partial charge in [0.1, 0.15) is 0 Å². The van der Waals surface area contributed by atoms with E-state index in [-0.39, 0.29) is 12.1 Å². The maximum absolute atomic E-state index is 12.8. The molecule has 5 nitrogen and oxygen atoms in total. The molecule has 1 aliphatic heterocycles. The fourth-order valence-electron chi connectivity index (χ4n) is 5.70. The molecule has 1 saturated heterocycles. The Labute approximate surface area is 232 Å². The van der Waals surface area contributed by atoms with Gasteiger partial charge in [-0.2, -0.15) is 0 Å². The van der Waals surface area contributed by atoms with Gasteiger partial charge in [-0.15, -0.1) is 0 Å². The number of fused-ring (bicyclic) bond motifs is 1. The Balaban J connectivity index is 1.05. The summed E-state index contributed by atoms with van der Waals surface area (Å²) in [5.74, 6) is 0. The monoisotopic (exact) mass is 520 g/mol. The average Bonchev–Trinajstić information content (AvgIpc) is 2.98. The number of urea groups is 1. The van der Waals surface area contributed by atoms with Crippen molar-refractivity contribution in [2.24, 2.45) is 0 Å². The van der Waals surface area contributed by atoms with Crippen molar-refractivity contribution in [2.75, 3.05) is 38.5 Å². The highest BCUT2D eigenvalue weighted by Crippen LogP contribution is 2.28. The first kappa shape index (κ1) is 26.9. The first-order chi connectivity index (χ1) is 19.1. The summed E-state index contributed by atoms with van der Waals surface area (Å²) >= 11 is 0. The molecule has 1 fully saturated rings. The van der Waals surface area contributed by atoms with Gasteiger partial charge in [-0.05, 0) is 74.3 Å². The van der Waals surface area contributed by atoms with Crippen LogP contribution in [0.15, 0.2) is 97.1 Å². The van der Waals surface area contributed by atoms with Crippen LogP contribution in [0.1, 0.15) is 37.8 Å². The summed E-state index contributed by atoms with van der Waals surface area (Å²) in [6.07, 6.45) is 3.10. The largest absolute Gasteiger partial charge is 0.335 e. The number of piperidine rings is 1. The zero-order valence-electron chi connectivity index (χ0n) is 23.1. The molecule has 2 N–H and O–H groups in total. The molecule has 5 rings (SSSR count). The van der Waals surface area contributed by atoms with Crippen molar-refractivity contribution in [2.45, 2.75) is 38.3 Å². The highest BCUT2D eigenvalue weighted by molar-refractivity contribution is 5.94. The molecule has 0 saturated carbocycles. The number of para-hydroxylation sites is 1. The van der Waals surface area contributed by atoms with Crippen LogP contribution in [0.25, 0.3) is 21.9 Å². The summed E-state index contributed by atoms with van der Waals surface area (Å²) in [5, 5.41) is 8.94. The molecule has 0 unspecified atom stereocenters. The minimum Gasteiger partial charge on any atom is -0.335 e. The van der Waals surface area contributed by atoms with Crippen molar-refractivity contribution >= 4 is 22.5 Å². The predicted molar refractivity (Wildman–Crippen MR) is 163 cm³/mol. The van der Waals surface area contributed by atoms with Gasteiger partial charge >= 0.3 is 6.03 Å². The van der Waals surface area contributed by atoms with E-state index in [0.717, 1.165) is 62.3 Å². The van der Waals surface area contributed by atoms with Gasteiger partial charge in [-0.25, -0.2) is 4.79 Å². The third-order valence-corrected chi connectivity index (χ3v) is 8.10. The number of amides is 2. The quantitative estimate of drug-likeness (QED) is 0.246. The van der Waals surface area contributed by atoms with Gasteiger partial charge in [0, 0.05) is 30.7 Å². The maximum atomic E-state index is 12.8. The molecule has 4 aromatic carbocycles. The van der Waals surface area contributed by atoms with Gasteiger partial charge < -0.3 is 15.5 Å². The Morgan fingerprint density at radius 1 is 0.897 bits per heavy atom. The molecule has 4 aromatic rings. The van der Waals surface area contributed by atoms with Crippen molar-refractivity contribution in [1.82, 2.24) is 15.1 Å². The van der Waals surface area contributed by atoms with E-state index in [1.165, 1.54) is 16.3 Å². The van der Waals surface area contributed by atoms with Gasteiger partial charge in [0.05, 0.1) is 5.69 Å². The van der Waals surface area contributed by atoms with Crippen molar-refractivity contribution < 1.29 is 4.79 Å². The summed E-state index contributed by atoms with van der Waals surface area (Å²) in [6, 6.07) is 33.9. The maximum Gasteiger partial charge on any atom is 0.319 e. The van der Waals surface area contributed by atoms with Gasteiger partial charge in [0.15, 0.2) is 0 Å². The first-order valence-corrected chi connectivity index (χ1v) is 14.2. The number of anilines is 1. The topological polar surface area (TPSA) is 47.6 Å². The smallest absolute Gasteiger partial charge is 0.319 e. The molecule has 0 bridgehead atoms. The lowest BCUT2D eigenvalue weighted by Gasteiger charge is -2.33. The van der Waals surface area contributed by atoms with E-state index in [1.807, 2.05) is 42.5 Å². The normalized spacial score (nSPS) is 15.4. The number of hydrogen-bond acceptors (Lipinski definition) is 3. The minimum atomic E-state index is -0.124. The zero-order chi connectivity index (χ0) is 27.0. The van der Waals surface area contributed by atoms with Gasteiger partial charge in [0.2, 0.25) is 0 Å². The van der Waals surface area contributed by atoms with E-state index < -0.39 is 0 Å². The van der Waals surface area contributed by atoms with Gasteiger partial charge in [-0.1, -0.05) is 91.0 Å². The average molecular weight is 521 g/mol. The summed E-state index contributed by atoms with van der Waals surface area (Å²) in [6.45, 7) is 6.51. The Morgan fingerprint density at radius 3 is 2.41 bits per heavy atom. The Bertz CT molecular complexity index is 1360. The molecule has 1 atom stereocenters. The number of likely N-dealkylation sites (tertiary alicyclic amines) is 1. The van der Waals surface area contributed by atoms with Crippen molar-refractivity contribution in [1.29, 1.82) is 0 Å². The lowest BCUT2D eigenvalue weighted by Crippen LogP contribution is -2.46. The molecule has 0 aliphatic carbocycles. The summed E-state index contributed by atoms with van der Waals surface area (Å²) < 4.78 is 0. The highest BCUT2D eigenvalue weighted by Gasteiger charge is 2.21. The second-order valence-electron chi connectivity index (χ2n) is 10.7. The summed E-state index contributed by atoms with van der Waals surface area (Å²) in [5.41, 5.74) is 4.36. The molecule has 0 radical (unpaired) electrons. The fraction of sp³-hybridized carbons (Fsp3) is 0.324. The van der Waals surface area contributed by atoms with Crippen LogP contribution in [-0.4, -0.2) is 55.1 Å². The van der Waals surface area contributed by atoms with E-state index in [4.69, 9.17) is 0 Å². The van der Waals surface area contributed by atoms with Crippen LogP contribution in [0, 0.1) is 0 Å². The highest BCUT2D eigenvalue weighted by atomic mass is 16.2. The van der Waals surface area contributed by atoms with E-state index in [0.29, 0.717) is 6.04 Å². The number of carbonyl (C=O) groups excluding carboxylic acids is 1. The first-order valence-electron chi connectivity index (χ1n) is 14.2. The predicted octanol–water partition coefficient (Wildman–Crippen LogP) is 7.18. The second-order valence-corrected chi connectivity index (χ2v) is 10.7. The van der Waals surface area contributed by atoms with Crippen molar-refractivity contribution in [3.8, 4) is 11.1 Å². The number of carbonyl (C=O) groups is 1. The second kappa shape index (κ2) is 12.9. The van der Waals surface area contributed by atoms with Crippen LogP contribution in [0.5, 0.6) is 0 Å². The van der Waals surface area contributed by atoms with E-state index in [1.54, 1.807) is 0 Å². The number of rotatable bonds is 9. The molecule has 39 heavy (non-hydrogen) atoms. The Hall–Kier alpha value is -3.67. The molecule has 0 aromatic heterocycles. The van der Waals surface area contributed by atoms with E-state index >= 15 is 0 Å². The molecule has 1 heterocycles. The van der Waals surface area contributed by atoms with Crippen LogP contribution < -0.4 is 10.6 Å². The van der Waals surface area contributed by atoms with Crippen LogP contribution in [-0.2, 0) is 0 Å². The number of benzene rings is 4. The SMILES string of the molecule is C[C@H](c1cccc2ccccc12)N(C)CCCN1CCC(NC(=O)Nc2ccccc2-c2ccccc2)CC1. The van der Waals surface area contributed by atoms with Crippen LogP contribution in [0.3, 0.4) is 0 Å². The van der Waals surface area contributed by atoms with E-state index in [2.05, 4.69) is 89.0 Å². The Kier molecular flexibility index (Phi) is 8.92. The standard InChI is InChI=1S/C34H40N4O/c1-26(30-18-10-15-27-14-6-7-16-31(27)30)37(2)22-11-23-38-24-20-29(21-25-38)35-34(39)36-33-19-9-8-17-32(33)28-12-4-3-5-13-28/h3-10,12-19,26,29H,11,20-25H2,1-2H3,(H2,35,36,39)/t26-/m1/s1. The number of nitrogens with one attached hydrogen (secondary N) is 2. The third kappa shape index (κ3) is 6.86. The molecule has 202 valence electrons. The van der Waals surface area contributed by atoms with Crippen LogP contribution in [0.2, 0.25) is 0 Å². The molecular weight excluding hydrogens is 480 g/mol. The number of hydrogen-bond donors (Lipinski definition) is 2. The molecular formula is C34H40N4O.